The third kappa shape index (κ3) is 4.03. The standard InChI is InChI=1S/C11H12ClFN2O2/c12-5-1-2-10(16)15-9-6-7(11(14)17)3-4-8(9)13/h3-4,6H,1-2,5H2,(H2,14,17)(H,15,16). The molecule has 0 heterocycles. The smallest absolute Gasteiger partial charge is 0.248 e. The maximum absolute atomic E-state index is 13.3. The Morgan fingerprint density at radius 2 is 2.12 bits per heavy atom. The molecule has 1 aromatic carbocycles. The van der Waals surface area contributed by atoms with Gasteiger partial charge < -0.3 is 11.1 Å². The molecule has 0 saturated heterocycles. The number of alkyl halides is 1. The molecule has 0 fully saturated rings. The number of primary amides is 1. The molecular formula is C11H12ClFN2O2. The third-order valence-corrected chi connectivity index (χ3v) is 2.33. The van der Waals surface area contributed by atoms with Gasteiger partial charge >= 0.3 is 0 Å². The zero-order valence-electron chi connectivity index (χ0n) is 9.00. The van der Waals surface area contributed by atoms with Gasteiger partial charge in [0.15, 0.2) is 0 Å². The van der Waals surface area contributed by atoms with Crippen LogP contribution in [-0.2, 0) is 4.79 Å². The molecule has 0 aliphatic heterocycles. The highest BCUT2D eigenvalue weighted by Gasteiger charge is 2.09. The van der Waals surface area contributed by atoms with Gasteiger partial charge in [-0.25, -0.2) is 4.39 Å². The lowest BCUT2D eigenvalue weighted by atomic mass is 10.2. The zero-order valence-corrected chi connectivity index (χ0v) is 9.76. The molecule has 0 unspecified atom stereocenters. The Morgan fingerprint density at radius 1 is 1.41 bits per heavy atom. The van der Waals surface area contributed by atoms with Crippen molar-refractivity contribution in [2.75, 3.05) is 11.2 Å². The highest BCUT2D eigenvalue weighted by Crippen LogP contribution is 2.16. The maximum atomic E-state index is 13.3. The molecule has 17 heavy (non-hydrogen) atoms. The number of hydrogen-bond donors (Lipinski definition) is 2. The number of nitrogens with two attached hydrogens (primary N) is 1. The van der Waals surface area contributed by atoms with E-state index in [1.807, 2.05) is 0 Å². The quantitative estimate of drug-likeness (QED) is 0.792. The van der Waals surface area contributed by atoms with Crippen LogP contribution >= 0.6 is 11.6 Å². The second-order valence-electron chi connectivity index (χ2n) is 3.40. The van der Waals surface area contributed by atoms with Crippen molar-refractivity contribution >= 4 is 29.1 Å². The first-order valence-corrected chi connectivity index (χ1v) is 5.53. The Kier molecular flexibility index (Phi) is 4.90. The van der Waals surface area contributed by atoms with E-state index in [2.05, 4.69) is 5.32 Å². The molecule has 92 valence electrons. The summed E-state index contributed by atoms with van der Waals surface area (Å²) in [7, 11) is 0. The van der Waals surface area contributed by atoms with Crippen molar-refractivity contribution in [3.05, 3.63) is 29.6 Å². The Morgan fingerprint density at radius 3 is 2.71 bits per heavy atom. The van der Waals surface area contributed by atoms with Crippen LogP contribution < -0.4 is 11.1 Å². The van der Waals surface area contributed by atoms with Crippen LogP contribution in [-0.4, -0.2) is 17.7 Å². The van der Waals surface area contributed by atoms with Crippen molar-refractivity contribution < 1.29 is 14.0 Å². The van der Waals surface area contributed by atoms with E-state index >= 15 is 0 Å². The largest absolute Gasteiger partial charge is 0.366 e. The molecule has 0 aliphatic rings. The molecule has 1 rings (SSSR count). The molecule has 0 saturated carbocycles. The third-order valence-electron chi connectivity index (χ3n) is 2.06. The van der Waals surface area contributed by atoms with Crippen LogP contribution in [0.15, 0.2) is 18.2 Å². The molecule has 0 radical (unpaired) electrons. The van der Waals surface area contributed by atoms with Crippen molar-refractivity contribution in [2.45, 2.75) is 12.8 Å². The van der Waals surface area contributed by atoms with Gasteiger partial charge in [0.25, 0.3) is 0 Å². The van der Waals surface area contributed by atoms with Crippen molar-refractivity contribution in [3.8, 4) is 0 Å². The van der Waals surface area contributed by atoms with Crippen LogP contribution in [0.4, 0.5) is 10.1 Å². The monoisotopic (exact) mass is 258 g/mol. The molecule has 0 bridgehead atoms. The number of amides is 2. The molecule has 1 aromatic rings. The summed E-state index contributed by atoms with van der Waals surface area (Å²) in [5, 5.41) is 2.36. The molecular weight excluding hydrogens is 247 g/mol. The first-order chi connectivity index (χ1) is 8.04. The Hall–Kier alpha value is -1.62. The predicted molar refractivity (Wildman–Crippen MR) is 63.5 cm³/mol. The first-order valence-electron chi connectivity index (χ1n) is 4.99. The fourth-order valence-corrected chi connectivity index (χ4v) is 1.35. The molecule has 0 aromatic heterocycles. The summed E-state index contributed by atoms with van der Waals surface area (Å²) < 4.78 is 13.3. The summed E-state index contributed by atoms with van der Waals surface area (Å²) in [4.78, 5) is 22.2. The minimum atomic E-state index is -0.679. The topological polar surface area (TPSA) is 72.2 Å². The van der Waals surface area contributed by atoms with Gasteiger partial charge in [-0.2, -0.15) is 0 Å². The van der Waals surface area contributed by atoms with Crippen LogP contribution in [0.25, 0.3) is 0 Å². The summed E-state index contributed by atoms with van der Waals surface area (Å²) in [6, 6.07) is 3.54. The normalized spacial score (nSPS) is 10.0. The fourth-order valence-electron chi connectivity index (χ4n) is 1.21. The van der Waals surface area contributed by atoms with E-state index in [-0.39, 0.29) is 23.6 Å². The van der Waals surface area contributed by atoms with Crippen molar-refractivity contribution in [1.29, 1.82) is 0 Å². The minimum absolute atomic E-state index is 0.0547. The summed E-state index contributed by atoms with van der Waals surface area (Å²) in [5.41, 5.74) is 5.14. The first kappa shape index (κ1) is 13.4. The Balaban J connectivity index is 2.79. The van der Waals surface area contributed by atoms with E-state index in [1.54, 1.807) is 0 Å². The molecule has 6 heteroatoms. The van der Waals surface area contributed by atoms with Gasteiger partial charge in [-0.15, -0.1) is 11.6 Å². The summed E-state index contributed by atoms with van der Waals surface area (Å²) >= 11 is 5.43. The summed E-state index contributed by atoms with van der Waals surface area (Å²) in [6.07, 6.45) is 0.703. The molecule has 0 spiro atoms. The number of halogens is 2. The van der Waals surface area contributed by atoms with Gasteiger partial charge in [0.1, 0.15) is 5.82 Å². The number of anilines is 1. The number of carbonyl (C=O) groups is 2. The fraction of sp³-hybridized carbons (Fsp3) is 0.273. The average Bonchev–Trinajstić information content (AvgIpc) is 2.29. The van der Waals surface area contributed by atoms with Gasteiger partial charge in [-0.05, 0) is 24.6 Å². The predicted octanol–water partition coefficient (Wildman–Crippen LogP) is 1.88. The highest BCUT2D eigenvalue weighted by molar-refractivity contribution is 6.18. The minimum Gasteiger partial charge on any atom is -0.366 e. The number of nitrogens with one attached hydrogen (secondary N) is 1. The SMILES string of the molecule is NC(=O)c1ccc(F)c(NC(=O)CCCCl)c1. The van der Waals surface area contributed by atoms with Crippen LogP contribution in [0.1, 0.15) is 23.2 Å². The van der Waals surface area contributed by atoms with E-state index in [4.69, 9.17) is 17.3 Å². The van der Waals surface area contributed by atoms with Crippen molar-refractivity contribution in [2.24, 2.45) is 5.73 Å². The van der Waals surface area contributed by atoms with Crippen molar-refractivity contribution in [3.63, 3.8) is 0 Å². The Labute approximate surface area is 103 Å². The van der Waals surface area contributed by atoms with E-state index < -0.39 is 11.7 Å². The van der Waals surface area contributed by atoms with Crippen molar-refractivity contribution in [1.82, 2.24) is 0 Å². The van der Waals surface area contributed by atoms with E-state index in [0.717, 1.165) is 6.07 Å². The second kappa shape index (κ2) is 6.20. The van der Waals surface area contributed by atoms with Gasteiger partial charge in [0.05, 0.1) is 5.69 Å². The maximum Gasteiger partial charge on any atom is 0.248 e. The molecule has 4 nitrogen and oxygen atoms in total. The average molecular weight is 259 g/mol. The molecule has 0 aliphatic carbocycles. The lowest BCUT2D eigenvalue weighted by Crippen LogP contribution is -2.15. The number of carbonyl (C=O) groups excluding carboxylic acids is 2. The molecule has 2 amide bonds. The zero-order chi connectivity index (χ0) is 12.8. The van der Waals surface area contributed by atoms with E-state index in [1.165, 1.54) is 12.1 Å². The summed E-state index contributed by atoms with van der Waals surface area (Å²) in [5.74, 6) is -1.29. The number of benzene rings is 1. The van der Waals surface area contributed by atoms with Gasteiger partial charge in [0, 0.05) is 17.9 Å². The van der Waals surface area contributed by atoms with E-state index in [9.17, 15) is 14.0 Å². The Bertz CT molecular complexity index is 437. The van der Waals surface area contributed by atoms with Crippen LogP contribution in [0.5, 0.6) is 0 Å². The second-order valence-corrected chi connectivity index (χ2v) is 3.78. The number of hydrogen-bond acceptors (Lipinski definition) is 2. The molecule has 3 N–H and O–H groups in total. The summed E-state index contributed by atoms with van der Waals surface area (Å²) in [6.45, 7) is 0. The molecule has 0 atom stereocenters. The van der Waals surface area contributed by atoms with Gasteiger partial charge in [-0.1, -0.05) is 0 Å². The lowest BCUT2D eigenvalue weighted by Gasteiger charge is -2.07. The van der Waals surface area contributed by atoms with Gasteiger partial charge in [-0.3, -0.25) is 9.59 Å². The van der Waals surface area contributed by atoms with Crippen LogP contribution in [0, 0.1) is 5.82 Å². The highest BCUT2D eigenvalue weighted by atomic mass is 35.5. The van der Waals surface area contributed by atoms with Crippen LogP contribution in [0.2, 0.25) is 0 Å². The van der Waals surface area contributed by atoms with Crippen LogP contribution in [0.3, 0.4) is 0 Å². The van der Waals surface area contributed by atoms with E-state index in [0.29, 0.717) is 12.3 Å². The van der Waals surface area contributed by atoms with Gasteiger partial charge in [0.2, 0.25) is 11.8 Å². The lowest BCUT2D eigenvalue weighted by molar-refractivity contribution is -0.116. The number of rotatable bonds is 5.